The van der Waals surface area contributed by atoms with Gasteiger partial charge < -0.3 is 9.84 Å². The summed E-state index contributed by atoms with van der Waals surface area (Å²) in [4.78, 5) is 34.8. The van der Waals surface area contributed by atoms with Crippen molar-refractivity contribution >= 4 is 39.4 Å². The molecule has 1 amide bonds. The average Bonchev–Trinajstić information content (AvgIpc) is 2.69. The van der Waals surface area contributed by atoms with Gasteiger partial charge >= 0.3 is 12.1 Å². The zero-order chi connectivity index (χ0) is 17.4. The molecule has 2 aromatic rings. The Morgan fingerprint density at radius 2 is 1.96 bits per heavy atom. The predicted molar refractivity (Wildman–Crippen MR) is 88.1 cm³/mol. The summed E-state index contributed by atoms with van der Waals surface area (Å²) in [7, 11) is 0. The number of fused-ring (bicyclic) bond motifs is 1. The Bertz CT molecular complexity index is 764. The van der Waals surface area contributed by atoms with Crippen molar-refractivity contribution in [3.63, 3.8) is 0 Å². The summed E-state index contributed by atoms with van der Waals surface area (Å²) < 4.78 is 5.32. The lowest BCUT2D eigenvalue weighted by molar-refractivity contribution is -0.135. The normalized spacial score (nSPS) is 11.5. The summed E-state index contributed by atoms with van der Waals surface area (Å²) in [5, 5.41) is 9.83. The zero-order valence-electron chi connectivity index (χ0n) is 13.7. The Labute approximate surface area is 137 Å². The molecular formula is C15H19N3O4S. The molecule has 23 heavy (non-hydrogen) atoms. The molecule has 0 saturated carbocycles. The van der Waals surface area contributed by atoms with E-state index in [1.54, 1.807) is 20.8 Å². The van der Waals surface area contributed by atoms with Crippen LogP contribution in [0, 0.1) is 13.8 Å². The fourth-order valence-corrected chi connectivity index (χ4v) is 3.04. The van der Waals surface area contributed by atoms with Crippen LogP contribution in [0.2, 0.25) is 0 Å². The van der Waals surface area contributed by atoms with E-state index in [9.17, 15) is 9.59 Å². The third-order valence-corrected chi connectivity index (χ3v) is 4.22. The minimum Gasteiger partial charge on any atom is -0.480 e. The van der Waals surface area contributed by atoms with Gasteiger partial charge in [0.2, 0.25) is 0 Å². The van der Waals surface area contributed by atoms with Crippen molar-refractivity contribution in [3.05, 3.63) is 16.8 Å². The Balaban J connectivity index is 2.56. The van der Waals surface area contributed by atoms with E-state index in [1.807, 2.05) is 13.8 Å². The first-order chi connectivity index (χ1) is 10.6. The van der Waals surface area contributed by atoms with E-state index in [2.05, 4.69) is 9.97 Å². The van der Waals surface area contributed by atoms with Crippen LogP contribution >= 0.6 is 11.3 Å². The maximum absolute atomic E-state index is 12.4. The number of carboxylic acid groups (broad SMARTS) is 1. The minimum absolute atomic E-state index is 0.258. The molecule has 2 heterocycles. The standard InChI is InChI=1S/C15H19N3O4S/c1-8-9(2)23-13-11(8)12(16-7-17-13)18(6-10(19)20)14(21)22-15(3,4)5/h7H,6H2,1-5H3,(H,19,20). The van der Waals surface area contributed by atoms with E-state index >= 15 is 0 Å². The molecule has 0 aliphatic carbocycles. The van der Waals surface area contributed by atoms with Gasteiger partial charge in [-0.15, -0.1) is 11.3 Å². The van der Waals surface area contributed by atoms with Crippen molar-refractivity contribution in [1.82, 2.24) is 9.97 Å². The van der Waals surface area contributed by atoms with Crippen LogP contribution in [0.5, 0.6) is 0 Å². The summed E-state index contributed by atoms with van der Waals surface area (Å²) in [5.74, 6) is -0.888. The SMILES string of the molecule is Cc1sc2ncnc(N(CC(=O)O)C(=O)OC(C)(C)C)c2c1C. The van der Waals surface area contributed by atoms with E-state index in [0.29, 0.717) is 10.2 Å². The molecule has 8 heteroatoms. The summed E-state index contributed by atoms with van der Waals surface area (Å²) in [5.41, 5.74) is 0.194. The van der Waals surface area contributed by atoms with E-state index in [4.69, 9.17) is 9.84 Å². The number of thiophene rings is 1. The van der Waals surface area contributed by atoms with E-state index in [1.165, 1.54) is 17.7 Å². The number of aryl methyl sites for hydroxylation is 2. The molecule has 0 unspecified atom stereocenters. The molecule has 0 radical (unpaired) electrons. The van der Waals surface area contributed by atoms with Gasteiger partial charge in [-0.3, -0.25) is 4.79 Å². The fraction of sp³-hybridized carbons (Fsp3) is 0.467. The van der Waals surface area contributed by atoms with Crippen molar-refractivity contribution in [2.75, 3.05) is 11.4 Å². The summed E-state index contributed by atoms with van der Waals surface area (Å²) in [6.07, 6.45) is 0.579. The van der Waals surface area contributed by atoms with Crippen LogP contribution in [0.1, 0.15) is 31.2 Å². The smallest absolute Gasteiger partial charge is 0.416 e. The first-order valence-corrected chi connectivity index (χ1v) is 7.85. The highest BCUT2D eigenvalue weighted by Gasteiger charge is 2.28. The van der Waals surface area contributed by atoms with Gasteiger partial charge in [0.25, 0.3) is 0 Å². The van der Waals surface area contributed by atoms with Gasteiger partial charge in [0.1, 0.15) is 23.3 Å². The number of rotatable bonds is 3. The number of hydrogen-bond donors (Lipinski definition) is 1. The second-order valence-electron chi connectivity index (χ2n) is 6.12. The fourth-order valence-electron chi connectivity index (χ4n) is 2.05. The molecule has 124 valence electrons. The van der Waals surface area contributed by atoms with Crippen LogP contribution in [0.4, 0.5) is 10.6 Å². The first-order valence-electron chi connectivity index (χ1n) is 7.03. The van der Waals surface area contributed by atoms with Gasteiger partial charge in [0.05, 0.1) is 5.39 Å². The summed E-state index contributed by atoms with van der Waals surface area (Å²) >= 11 is 1.48. The third-order valence-electron chi connectivity index (χ3n) is 3.11. The second kappa shape index (κ2) is 6.11. The average molecular weight is 337 g/mol. The minimum atomic E-state index is -1.15. The zero-order valence-corrected chi connectivity index (χ0v) is 14.5. The monoisotopic (exact) mass is 337 g/mol. The van der Waals surface area contributed by atoms with Crippen molar-refractivity contribution < 1.29 is 19.4 Å². The molecule has 0 bridgehead atoms. The highest BCUT2D eigenvalue weighted by molar-refractivity contribution is 7.18. The van der Waals surface area contributed by atoms with Gasteiger partial charge in [-0.2, -0.15) is 0 Å². The predicted octanol–water partition coefficient (Wildman–Crippen LogP) is 3.13. The Kier molecular flexibility index (Phi) is 4.56. The Morgan fingerprint density at radius 3 is 2.52 bits per heavy atom. The molecule has 0 saturated heterocycles. The van der Waals surface area contributed by atoms with Gasteiger partial charge in [0, 0.05) is 4.88 Å². The van der Waals surface area contributed by atoms with Gasteiger partial charge in [0.15, 0.2) is 5.82 Å². The van der Waals surface area contributed by atoms with Gasteiger partial charge in [-0.25, -0.2) is 19.7 Å². The van der Waals surface area contributed by atoms with Crippen LogP contribution in [-0.4, -0.2) is 39.3 Å². The number of ether oxygens (including phenoxy) is 1. The van der Waals surface area contributed by atoms with Gasteiger partial charge in [-0.1, -0.05) is 0 Å². The third kappa shape index (κ3) is 3.76. The van der Waals surface area contributed by atoms with Crippen molar-refractivity contribution in [2.45, 2.75) is 40.2 Å². The summed E-state index contributed by atoms with van der Waals surface area (Å²) in [6, 6.07) is 0. The Hall–Kier alpha value is -2.22. The van der Waals surface area contributed by atoms with Crippen LogP contribution in [0.15, 0.2) is 6.33 Å². The highest BCUT2D eigenvalue weighted by Crippen LogP contribution is 2.34. The molecular weight excluding hydrogens is 318 g/mol. The number of aromatic nitrogens is 2. The number of carbonyl (C=O) groups excluding carboxylic acids is 1. The largest absolute Gasteiger partial charge is 0.480 e. The van der Waals surface area contributed by atoms with E-state index in [-0.39, 0.29) is 5.82 Å². The lowest BCUT2D eigenvalue weighted by Crippen LogP contribution is -2.40. The first kappa shape index (κ1) is 17.1. The topological polar surface area (TPSA) is 92.6 Å². The molecule has 0 spiro atoms. The highest BCUT2D eigenvalue weighted by atomic mass is 32.1. The van der Waals surface area contributed by atoms with Crippen molar-refractivity contribution in [2.24, 2.45) is 0 Å². The maximum Gasteiger partial charge on any atom is 0.416 e. The van der Waals surface area contributed by atoms with Crippen molar-refractivity contribution in [1.29, 1.82) is 0 Å². The number of nitrogens with zero attached hydrogens (tertiary/aromatic N) is 3. The number of hydrogen-bond acceptors (Lipinski definition) is 6. The lowest BCUT2D eigenvalue weighted by Gasteiger charge is -2.26. The number of carbonyl (C=O) groups is 2. The number of anilines is 1. The van der Waals surface area contributed by atoms with Crippen LogP contribution in [-0.2, 0) is 9.53 Å². The molecule has 0 fully saturated rings. The van der Waals surface area contributed by atoms with Crippen molar-refractivity contribution in [3.8, 4) is 0 Å². The molecule has 1 N–H and O–H groups in total. The molecule has 0 aliphatic rings. The number of carboxylic acids is 1. The van der Waals surface area contributed by atoms with Crippen LogP contribution < -0.4 is 4.90 Å². The molecule has 7 nitrogen and oxygen atoms in total. The van der Waals surface area contributed by atoms with E-state index < -0.39 is 24.2 Å². The number of aliphatic carboxylic acids is 1. The summed E-state index contributed by atoms with van der Waals surface area (Å²) in [6.45, 7) is 8.48. The molecule has 2 aromatic heterocycles. The van der Waals surface area contributed by atoms with Crippen LogP contribution in [0.3, 0.4) is 0 Å². The lowest BCUT2D eigenvalue weighted by atomic mass is 10.2. The molecule has 0 aromatic carbocycles. The van der Waals surface area contributed by atoms with Gasteiger partial charge in [-0.05, 0) is 40.2 Å². The quantitative estimate of drug-likeness (QED) is 0.925. The molecule has 0 aliphatic heterocycles. The Morgan fingerprint density at radius 1 is 1.30 bits per heavy atom. The van der Waals surface area contributed by atoms with E-state index in [0.717, 1.165) is 15.3 Å². The molecule has 0 atom stereocenters. The second-order valence-corrected chi connectivity index (χ2v) is 7.32. The van der Waals surface area contributed by atoms with Crippen LogP contribution in [0.25, 0.3) is 10.2 Å². The molecule has 2 rings (SSSR count). The maximum atomic E-state index is 12.4. The number of amides is 1.